The van der Waals surface area contributed by atoms with Crippen LogP contribution < -0.4 is 0 Å². The number of hydrogen-bond acceptors (Lipinski definition) is 1. The third-order valence-electron chi connectivity index (χ3n) is 3.77. The van der Waals surface area contributed by atoms with Crippen LogP contribution in [0, 0.1) is 5.41 Å². The largest absolute Gasteiger partial charge is 0.396 e. The zero-order chi connectivity index (χ0) is 14.3. The predicted octanol–water partition coefficient (Wildman–Crippen LogP) is 4.46. The smallest absolute Gasteiger partial charge is 0.372 e. The van der Waals surface area contributed by atoms with Crippen LogP contribution in [0.15, 0.2) is 22.3 Å². The lowest BCUT2D eigenvalue weighted by Gasteiger charge is -2.46. The molecule has 0 atom stereocenters. The molecule has 0 bridgehead atoms. The summed E-state index contributed by atoms with van der Waals surface area (Å²) in [6.45, 7) is -0.0782. The molecule has 1 aliphatic heterocycles. The summed E-state index contributed by atoms with van der Waals surface area (Å²) in [5, 5.41) is 0. The Balaban J connectivity index is 2.07. The van der Waals surface area contributed by atoms with E-state index in [4.69, 9.17) is 0 Å². The lowest BCUT2D eigenvalue weighted by Crippen LogP contribution is -2.51. The van der Waals surface area contributed by atoms with E-state index in [1.54, 1.807) is 0 Å². The van der Waals surface area contributed by atoms with Gasteiger partial charge < -0.3 is 4.90 Å². The third kappa shape index (κ3) is 2.80. The Labute approximate surface area is 116 Å². The molecule has 0 radical (unpaired) electrons. The number of halogens is 6. The number of allylic oxidation sites excluding steroid dienone is 2. The second-order valence-corrected chi connectivity index (χ2v) is 5.85. The van der Waals surface area contributed by atoms with Crippen LogP contribution in [0.3, 0.4) is 0 Å². The summed E-state index contributed by atoms with van der Waals surface area (Å²) in [4.78, 5) is 1.45. The first-order valence-corrected chi connectivity index (χ1v) is 6.71. The summed E-state index contributed by atoms with van der Waals surface area (Å²) in [5.74, 6) is 0. The van der Waals surface area contributed by atoms with Gasteiger partial charge >= 0.3 is 6.18 Å². The maximum Gasteiger partial charge on any atom is 0.396 e. The van der Waals surface area contributed by atoms with E-state index in [1.165, 1.54) is 17.2 Å². The van der Waals surface area contributed by atoms with Crippen molar-refractivity contribution in [3.63, 3.8) is 0 Å². The third-order valence-corrected chi connectivity index (χ3v) is 4.43. The Hall–Kier alpha value is -0.590. The summed E-state index contributed by atoms with van der Waals surface area (Å²) >= 11 is 2.98. The Kier molecular flexibility index (Phi) is 3.95. The van der Waals surface area contributed by atoms with Crippen molar-refractivity contribution in [2.75, 3.05) is 13.1 Å². The van der Waals surface area contributed by atoms with Gasteiger partial charge in [-0.1, -0.05) is 12.5 Å². The minimum atomic E-state index is -4.24. The van der Waals surface area contributed by atoms with Crippen LogP contribution in [0.25, 0.3) is 0 Å². The molecule has 7 heteroatoms. The number of hydrogen-bond donors (Lipinski definition) is 0. The van der Waals surface area contributed by atoms with E-state index in [0.29, 0.717) is 6.42 Å². The predicted molar refractivity (Wildman–Crippen MR) is 65.0 cm³/mol. The molecule has 0 aromatic heterocycles. The molecule has 108 valence electrons. The first-order valence-electron chi connectivity index (χ1n) is 5.92. The van der Waals surface area contributed by atoms with Gasteiger partial charge in [-0.3, -0.25) is 0 Å². The average Bonchev–Trinajstić information content (AvgIpc) is 2.21. The molecular weight excluding hydrogens is 333 g/mol. The Bertz CT molecular complexity index is 409. The summed E-state index contributed by atoms with van der Waals surface area (Å²) in [7, 11) is 0. The lowest BCUT2D eigenvalue weighted by atomic mass is 9.67. The maximum atomic E-state index is 13.0. The topological polar surface area (TPSA) is 3.24 Å². The highest BCUT2D eigenvalue weighted by molar-refractivity contribution is 9.12. The second kappa shape index (κ2) is 5.07. The van der Waals surface area contributed by atoms with E-state index in [9.17, 15) is 22.0 Å². The van der Waals surface area contributed by atoms with Crippen molar-refractivity contribution in [1.29, 1.82) is 0 Å². The number of rotatable bonds is 3. The van der Waals surface area contributed by atoms with Crippen molar-refractivity contribution in [3.05, 3.63) is 22.3 Å². The molecule has 1 fully saturated rings. The molecule has 2 aliphatic rings. The number of nitrogens with zero attached hydrogens (tertiary/aromatic N) is 1. The molecule has 1 saturated carbocycles. The highest BCUT2D eigenvalue weighted by Crippen LogP contribution is 2.53. The molecule has 2 rings (SSSR count). The fraction of sp³-hybridized carbons (Fsp3) is 0.667. The molecule has 0 amide bonds. The van der Waals surface area contributed by atoms with Crippen molar-refractivity contribution >= 4 is 15.9 Å². The minimum absolute atomic E-state index is 0.0899. The summed E-state index contributed by atoms with van der Waals surface area (Å²) in [6, 6.07) is 0. The molecule has 0 N–H and O–H groups in total. The monoisotopic (exact) mass is 345 g/mol. The molecule has 1 nitrogen and oxygen atoms in total. The van der Waals surface area contributed by atoms with Gasteiger partial charge in [0.05, 0.1) is 5.41 Å². The molecular formula is C12H13BrF5N. The van der Waals surface area contributed by atoms with Gasteiger partial charge in [0.2, 0.25) is 0 Å². The van der Waals surface area contributed by atoms with E-state index in [1.807, 2.05) is 0 Å². The molecule has 1 aliphatic carbocycles. The number of alkyl halides is 5. The lowest BCUT2D eigenvalue weighted by molar-refractivity contribution is -0.254. The average molecular weight is 346 g/mol. The minimum Gasteiger partial charge on any atom is -0.372 e. The highest BCUT2D eigenvalue weighted by atomic mass is 79.9. The van der Waals surface area contributed by atoms with Crippen molar-refractivity contribution in [2.24, 2.45) is 5.41 Å². The quantitative estimate of drug-likeness (QED) is 0.682. The standard InChI is InChI=1S/C12H13BrF5N/c13-9-6-19(5-2-8(9)10(14)15)7-11(3-1-4-11)12(16,17)18/h2,6,10H,1,3-5,7H2. The molecule has 0 saturated heterocycles. The highest BCUT2D eigenvalue weighted by Gasteiger charge is 2.58. The Morgan fingerprint density at radius 3 is 2.32 bits per heavy atom. The van der Waals surface area contributed by atoms with Crippen LogP contribution in [0.5, 0.6) is 0 Å². The normalized spacial score (nSPS) is 23.0. The van der Waals surface area contributed by atoms with Crippen LogP contribution in [0.4, 0.5) is 22.0 Å². The van der Waals surface area contributed by atoms with Crippen LogP contribution in [-0.2, 0) is 0 Å². The summed E-state index contributed by atoms with van der Waals surface area (Å²) in [6.07, 6.45) is -3.44. The molecule has 19 heavy (non-hydrogen) atoms. The van der Waals surface area contributed by atoms with Gasteiger partial charge in [0.1, 0.15) is 0 Å². The van der Waals surface area contributed by atoms with E-state index in [-0.39, 0.29) is 36.0 Å². The van der Waals surface area contributed by atoms with Gasteiger partial charge in [-0.05, 0) is 28.8 Å². The second-order valence-electron chi connectivity index (χ2n) is 5.00. The summed E-state index contributed by atoms with van der Waals surface area (Å²) < 4.78 is 64.3. The van der Waals surface area contributed by atoms with Gasteiger partial charge in [-0.15, -0.1) is 0 Å². The first kappa shape index (κ1) is 14.8. The van der Waals surface area contributed by atoms with Crippen LogP contribution in [0.1, 0.15) is 19.3 Å². The molecule has 0 aromatic rings. The first-order chi connectivity index (χ1) is 8.75. The van der Waals surface area contributed by atoms with Gasteiger partial charge in [-0.2, -0.15) is 13.2 Å². The van der Waals surface area contributed by atoms with Crippen LogP contribution in [0.2, 0.25) is 0 Å². The van der Waals surface area contributed by atoms with Crippen molar-refractivity contribution < 1.29 is 22.0 Å². The zero-order valence-corrected chi connectivity index (χ0v) is 11.6. The zero-order valence-electron chi connectivity index (χ0n) is 9.98. The fourth-order valence-electron chi connectivity index (χ4n) is 2.43. The van der Waals surface area contributed by atoms with Gasteiger partial charge in [0.15, 0.2) is 0 Å². The summed E-state index contributed by atoms with van der Waals surface area (Å²) in [5.41, 5.74) is -1.83. The van der Waals surface area contributed by atoms with Gasteiger partial charge in [0.25, 0.3) is 6.43 Å². The van der Waals surface area contributed by atoms with Gasteiger partial charge in [0, 0.05) is 29.3 Å². The Morgan fingerprint density at radius 2 is 1.95 bits per heavy atom. The molecule has 1 heterocycles. The van der Waals surface area contributed by atoms with E-state index < -0.39 is 18.0 Å². The fourth-order valence-corrected chi connectivity index (χ4v) is 3.05. The SMILES string of the molecule is FC(F)C1=CCN(CC2(C(F)(F)F)CCC2)C=C1Br. The Morgan fingerprint density at radius 1 is 1.32 bits per heavy atom. The van der Waals surface area contributed by atoms with Crippen LogP contribution in [-0.4, -0.2) is 30.6 Å². The van der Waals surface area contributed by atoms with Gasteiger partial charge in [-0.25, -0.2) is 8.78 Å². The maximum absolute atomic E-state index is 13.0. The van der Waals surface area contributed by atoms with Crippen molar-refractivity contribution in [3.8, 4) is 0 Å². The molecule has 0 spiro atoms. The van der Waals surface area contributed by atoms with E-state index in [0.717, 1.165) is 0 Å². The van der Waals surface area contributed by atoms with Crippen molar-refractivity contribution in [2.45, 2.75) is 31.9 Å². The van der Waals surface area contributed by atoms with E-state index in [2.05, 4.69) is 15.9 Å². The van der Waals surface area contributed by atoms with Crippen molar-refractivity contribution in [1.82, 2.24) is 4.90 Å². The molecule has 0 unspecified atom stereocenters. The molecule has 0 aromatic carbocycles. The van der Waals surface area contributed by atoms with E-state index >= 15 is 0 Å². The van der Waals surface area contributed by atoms with Crippen LogP contribution >= 0.6 is 15.9 Å².